The number of hydrogen-bond donors (Lipinski definition) is 1. The van der Waals surface area contributed by atoms with E-state index < -0.39 is 5.60 Å². The van der Waals surface area contributed by atoms with Gasteiger partial charge in [-0.3, -0.25) is 9.59 Å². The minimum atomic E-state index is -1.00. The van der Waals surface area contributed by atoms with Crippen LogP contribution in [-0.2, 0) is 9.59 Å². The van der Waals surface area contributed by atoms with Gasteiger partial charge in [0.1, 0.15) is 11.6 Å². The molecule has 0 unspecified atom stereocenters. The van der Waals surface area contributed by atoms with E-state index in [1.54, 1.807) is 0 Å². The minimum Gasteiger partial charge on any atom is -0.385 e. The van der Waals surface area contributed by atoms with Gasteiger partial charge in [0, 0.05) is 23.7 Å². The third kappa shape index (κ3) is 1.65. The van der Waals surface area contributed by atoms with Gasteiger partial charge in [0.05, 0.1) is 5.60 Å². The first kappa shape index (κ1) is 15.6. The van der Waals surface area contributed by atoms with E-state index in [4.69, 9.17) is 0 Å². The molecule has 5 rings (SSSR count). The molecule has 23 heavy (non-hydrogen) atoms. The Morgan fingerprint density at radius 2 is 1.74 bits per heavy atom. The number of hydrogen-bond acceptors (Lipinski definition) is 3. The topological polar surface area (TPSA) is 54.4 Å². The molecule has 5 aliphatic carbocycles. The second-order valence-corrected chi connectivity index (χ2v) is 9.57. The molecule has 5 saturated carbocycles. The van der Waals surface area contributed by atoms with Crippen molar-refractivity contribution in [3.63, 3.8) is 0 Å². The Kier molecular flexibility index (Phi) is 2.82. The Bertz CT molecular complexity index is 633. The number of Topliss-reactive ketones (excluding diaryl/α,β-unsaturated/α-hetero) is 2. The summed E-state index contributed by atoms with van der Waals surface area (Å²) < 4.78 is 0. The van der Waals surface area contributed by atoms with E-state index in [9.17, 15) is 14.7 Å². The van der Waals surface area contributed by atoms with Gasteiger partial charge in [-0.1, -0.05) is 27.4 Å². The van der Waals surface area contributed by atoms with Gasteiger partial charge in [-0.05, 0) is 54.9 Å². The second-order valence-electron chi connectivity index (χ2n) is 9.57. The molecular formula is C20H28O3. The third-order valence-corrected chi connectivity index (χ3v) is 8.36. The van der Waals surface area contributed by atoms with Gasteiger partial charge in [0.25, 0.3) is 0 Å². The highest BCUT2D eigenvalue weighted by Crippen LogP contribution is 2.71. The van der Waals surface area contributed by atoms with E-state index in [1.807, 2.05) is 0 Å². The van der Waals surface area contributed by atoms with E-state index >= 15 is 0 Å². The van der Waals surface area contributed by atoms with E-state index in [0.29, 0.717) is 31.0 Å². The van der Waals surface area contributed by atoms with Crippen LogP contribution >= 0.6 is 0 Å². The van der Waals surface area contributed by atoms with Crippen LogP contribution in [-0.4, -0.2) is 22.3 Å². The molecule has 5 aliphatic rings. The molecule has 0 aliphatic heterocycles. The van der Waals surface area contributed by atoms with E-state index in [1.165, 1.54) is 0 Å². The van der Waals surface area contributed by atoms with Crippen LogP contribution in [0.15, 0.2) is 12.2 Å². The number of carbonyl (C=O) groups is 2. The number of fused-ring (bicyclic) bond motifs is 3. The predicted molar refractivity (Wildman–Crippen MR) is 87.7 cm³/mol. The van der Waals surface area contributed by atoms with Gasteiger partial charge < -0.3 is 5.11 Å². The molecule has 0 aromatic carbocycles. The maximum Gasteiger partial charge on any atom is 0.142 e. The highest BCUT2D eigenvalue weighted by atomic mass is 16.3. The molecular weight excluding hydrogens is 288 g/mol. The number of ketones is 2. The summed E-state index contributed by atoms with van der Waals surface area (Å²) in [5.41, 5.74) is -0.793. The lowest BCUT2D eigenvalue weighted by Gasteiger charge is -2.67. The Morgan fingerprint density at radius 3 is 2.43 bits per heavy atom. The summed E-state index contributed by atoms with van der Waals surface area (Å²) in [6.45, 7) is 10.6. The van der Waals surface area contributed by atoms with Crippen molar-refractivity contribution in [3.05, 3.63) is 12.2 Å². The molecule has 3 heteroatoms. The smallest absolute Gasteiger partial charge is 0.142 e. The van der Waals surface area contributed by atoms with E-state index in [0.717, 1.165) is 24.8 Å². The quantitative estimate of drug-likeness (QED) is 0.696. The molecule has 0 saturated heterocycles. The van der Waals surface area contributed by atoms with Crippen molar-refractivity contribution >= 4 is 11.6 Å². The van der Waals surface area contributed by atoms with Crippen molar-refractivity contribution in [1.82, 2.24) is 0 Å². The fourth-order valence-corrected chi connectivity index (χ4v) is 6.95. The van der Waals surface area contributed by atoms with E-state index in [-0.39, 0.29) is 34.4 Å². The summed E-state index contributed by atoms with van der Waals surface area (Å²) in [5, 5.41) is 11.0. The van der Waals surface area contributed by atoms with Crippen molar-refractivity contribution in [2.24, 2.45) is 28.1 Å². The zero-order chi connectivity index (χ0) is 16.8. The Hall–Kier alpha value is -0.960. The van der Waals surface area contributed by atoms with Crippen molar-refractivity contribution in [2.75, 3.05) is 0 Å². The minimum absolute atomic E-state index is 0.0274. The van der Waals surface area contributed by atoms with Crippen LogP contribution in [0.3, 0.4) is 0 Å². The zero-order valence-electron chi connectivity index (χ0n) is 14.6. The molecule has 1 N–H and O–H groups in total. The normalized spacial score (nSPS) is 51.4. The van der Waals surface area contributed by atoms with Crippen LogP contribution in [0.5, 0.6) is 0 Å². The van der Waals surface area contributed by atoms with Crippen molar-refractivity contribution in [1.29, 1.82) is 0 Å². The van der Waals surface area contributed by atoms with Gasteiger partial charge in [0.2, 0.25) is 0 Å². The monoisotopic (exact) mass is 316 g/mol. The van der Waals surface area contributed by atoms with Crippen molar-refractivity contribution < 1.29 is 14.7 Å². The molecule has 1 spiro atoms. The van der Waals surface area contributed by atoms with Crippen molar-refractivity contribution in [3.8, 4) is 0 Å². The Labute approximate surface area is 138 Å². The molecule has 0 heterocycles. The first-order valence-electron chi connectivity index (χ1n) is 9.04. The summed E-state index contributed by atoms with van der Waals surface area (Å²) in [6.07, 6.45) is 4.86. The first-order chi connectivity index (χ1) is 10.6. The summed E-state index contributed by atoms with van der Waals surface area (Å²) in [4.78, 5) is 25.4. The molecule has 3 nitrogen and oxygen atoms in total. The third-order valence-electron chi connectivity index (χ3n) is 8.36. The summed E-state index contributed by atoms with van der Waals surface area (Å²) >= 11 is 0. The molecule has 2 bridgehead atoms. The van der Waals surface area contributed by atoms with Crippen LogP contribution in [0.1, 0.15) is 65.7 Å². The zero-order valence-corrected chi connectivity index (χ0v) is 14.6. The number of carbonyl (C=O) groups excluding carboxylic acids is 2. The number of rotatable bonds is 0. The highest BCUT2D eigenvalue weighted by Gasteiger charge is 2.69. The van der Waals surface area contributed by atoms with Gasteiger partial charge in [0.15, 0.2) is 0 Å². The van der Waals surface area contributed by atoms with Crippen molar-refractivity contribution in [2.45, 2.75) is 71.3 Å². The Balaban J connectivity index is 1.83. The summed E-state index contributed by atoms with van der Waals surface area (Å²) in [5.74, 6) is 1.12. The lowest BCUT2D eigenvalue weighted by molar-refractivity contribution is -0.199. The molecule has 126 valence electrons. The van der Waals surface area contributed by atoms with Gasteiger partial charge >= 0.3 is 0 Å². The standard InChI is InChI=1S/C20H28O3/c1-12-9-19-8-5-13-17(2,3)15(21)6-7-18(13,4)14(19)10-20(12,23)11-16(19)22/h13-14,23H,1,5-11H2,2-4H3/t13-,14+,18-,19+,20+/m1/s1. The van der Waals surface area contributed by atoms with Crippen LogP contribution in [0.25, 0.3) is 0 Å². The van der Waals surface area contributed by atoms with Gasteiger partial charge in [-0.2, -0.15) is 0 Å². The van der Waals surface area contributed by atoms with E-state index in [2.05, 4.69) is 27.4 Å². The number of aliphatic hydroxyl groups is 1. The lowest BCUT2D eigenvalue weighted by atomic mass is 9.36. The van der Waals surface area contributed by atoms with Gasteiger partial charge in [-0.25, -0.2) is 0 Å². The highest BCUT2D eigenvalue weighted by molar-refractivity contribution is 5.91. The van der Waals surface area contributed by atoms with Crippen LogP contribution in [0.4, 0.5) is 0 Å². The molecule has 0 amide bonds. The SMILES string of the molecule is C=C1C[C@@]23CC[C@@H]4C(C)(C)C(=O)CC[C@@]4(C)[C@@H]2C[C@]1(O)CC3=O. The second kappa shape index (κ2) is 4.17. The van der Waals surface area contributed by atoms with Crippen LogP contribution in [0.2, 0.25) is 0 Å². The van der Waals surface area contributed by atoms with Crippen LogP contribution in [0, 0.1) is 28.1 Å². The fourth-order valence-electron chi connectivity index (χ4n) is 6.95. The molecule has 0 aromatic heterocycles. The average Bonchev–Trinajstić information content (AvgIpc) is 2.45. The predicted octanol–water partition coefficient (Wildman–Crippen LogP) is 3.45. The maximum atomic E-state index is 12.9. The first-order valence-corrected chi connectivity index (χ1v) is 9.04. The lowest BCUT2D eigenvalue weighted by Crippen LogP contribution is -2.67. The largest absolute Gasteiger partial charge is 0.385 e. The Morgan fingerprint density at radius 1 is 1.04 bits per heavy atom. The molecule has 5 atom stereocenters. The molecule has 5 fully saturated rings. The van der Waals surface area contributed by atoms with Gasteiger partial charge in [-0.15, -0.1) is 0 Å². The summed E-state index contributed by atoms with van der Waals surface area (Å²) in [7, 11) is 0. The van der Waals surface area contributed by atoms with Crippen LogP contribution < -0.4 is 0 Å². The molecule has 0 radical (unpaired) electrons. The summed E-state index contributed by atoms with van der Waals surface area (Å²) in [6, 6.07) is 0. The maximum absolute atomic E-state index is 12.9. The average molecular weight is 316 g/mol. The molecule has 0 aromatic rings. The fraction of sp³-hybridized carbons (Fsp3) is 0.800.